The Hall–Kier alpha value is -3.56. The van der Waals surface area contributed by atoms with Gasteiger partial charge in [0.1, 0.15) is 12.6 Å². The van der Waals surface area contributed by atoms with Gasteiger partial charge in [-0.2, -0.15) is 0 Å². The molecular formula is C36H38Cl3N3O4S. The highest BCUT2D eigenvalue weighted by atomic mass is 35.5. The normalized spacial score (nSPS) is 12.1. The van der Waals surface area contributed by atoms with Crippen LogP contribution in [-0.2, 0) is 32.6 Å². The topological polar surface area (TPSA) is 86.8 Å². The average Bonchev–Trinajstić information content (AvgIpc) is 3.03. The maximum atomic E-state index is 14.6. The smallest absolute Gasteiger partial charge is 0.264 e. The highest BCUT2D eigenvalue weighted by Crippen LogP contribution is 2.29. The van der Waals surface area contributed by atoms with Crippen LogP contribution in [0.1, 0.15) is 36.1 Å². The van der Waals surface area contributed by atoms with Gasteiger partial charge in [0, 0.05) is 34.6 Å². The van der Waals surface area contributed by atoms with Crippen LogP contribution in [0.2, 0.25) is 15.1 Å². The Kier molecular flexibility index (Phi) is 12.4. The van der Waals surface area contributed by atoms with E-state index in [0.717, 1.165) is 21.0 Å². The fraction of sp³-hybridized carbons (Fsp3) is 0.278. The number of carbonyl (C=O) groups excluding carboxylic acids is 2. The van der Waals surface area contributed by atoms with Gasteiger partial charge in [-0.1, -0.05) is 91.1 Å². The molecule has 1 N–H and O–H groups in total. The first-order valence-electron chi connectivity index (χ1n) is 15.2. The van der Waals surface area contributed by atoms with Crippen LogP contribution in [-0.4, -0.2) is 44.3 Å². The van der Waals surface area contributed by atoms with Crippen molar-refractivity contribution >= 4 is 62.3 Å². The lowest BCUT2D eigenvalue weighted by molar-refractivity contribution is -0.140. The minimum Gasteiger partial charge on any atom is -0.354 e. The van der Waals surface area contributed by atoms with Crippen molar-refractivity contribution in [2.24, 2.45) is 5.92 Å². The highest BCUT2D eigenvalue weighted by Gasteiger charge is 2.35. The van der Waals surface area contributed by atoms with Gasteiger partial charge in [-0.25, -0.2) is 8.42 Å². The first-order chi connectivity index (χ1) is 22.3. The van der Waals surface area contributed by atoms with Crippen molar-refractivity contribution in [3.63, 3.8) is 0 Å². The third-order valence-electron chi connectivity index (χ3n) is 7.77. The molecule has 0 heterocycles. The molecule has 11 heteroatoms. The van der Waals surface area contributed by atoms with Crippen LogP contribution in [0.25, 0.3) is 0 Å². The fourth-order valence-electron chi connectivity index (χ4n) is 4.95. The van der Waals surface area contributed by atoms with E-state index in [1.165, 1.54) is 29.2 Å². The first-order valence-corrected chi connectivity index (χ1v) is 17.7. The van der Waals surface area contributed by atoms with Gasteiger partial charge < -0.3 is 10.2 Å². The minimum atomic E-state index is -4.26. The molecule has 0 aromatic heterocycles. The summed E-state index contributed by atoms with van der Waals surface area (Å²) in [6, 6.07) is 24.3. The Morgan fingerprint density at radius 2 is 1.47 bits per heavy atom. The molecule has 0 spiro atoms. The Morgan fingerprint density at radius 1 is 0.809 bits per heavy atom. The standard InChI is InChI=1S/C36H38Cl3N3O4S/c1-24(2)21-40-36(44)34(19-27-8-6-5-7-9-27)41(22-28-11-12-30(38)20-33(28)39)35(43)23-42(31-15-10-25(3)26(4)18-31)47(45,46)32-16-13-29(37)14-17-32/h5-18,20,24,34H,19,21-23H2,1-4H3,(H,40,44)/t34-/m1/s1. The first kappa shape index (κ1) is 36.3. The lowest BCUT2D eigenvalue weighted by atomic mass is 10.0. The van der Waals surface area contributed by atoms with Crippen LogP contribution >= 0.6 is 34.8 Å². The molecule has 0 bridgehead atoms. The van der Waals surface area contributed by atoms with Gasteiger partial charge in [-0.05, 0) is 90.6 Å². The second-order valence-electron chi connectivity index (χ2n) is 11.8. The van der Waals surface area contributed by atoms with E-state index in [1.54, 1.807) is 30.3 Å². The molecule has 4 aromatic carbocycles. The van der Waals surface area contributed by atoms with Crippen LogP contribution < -0.4 is 9.62 Å². The molecular weight excluding hydrogens is 677 g/mol. The molecule has 0 aliphatic carbocycles. The van der Waals surface area contributed by atoms with Crippen LogP contribution in [0.3, 0.4) is 0 Å². The molecule has 0 radical (unpaired) electrons. The number of sulfonamides is 1. The molecule has 0 unspecified atom stereocenters. The summed E-state index contributed by atoms with van der Waals surface area (Å²) in [6.45, 7) is 7.50. The third-order valence-corrected chi connectivity index (χ3v) is 10.4. The molecule has 0 aliphatic heterocycles. The Bertz CT molecular complexity index is 1820. The molecule has 248 valence electrons. The van der Waals surface area contributed by atoms with Crippen LogP contribution in [0.4, 0.5) is 5.69 Å². The minimum absolute atomic E-state index is 0.0317. The fourth-order valence-corrected chi connectivity index (χ4v) is 6.95. The van der Waals surface area contributed by atoms with Crippen molar-refractivity contribution in [3.05, 3.63) is 128 Å². The number of halogens is 3. The number of rotatable bonds is 13. The van der Waals surface area contributed by atoms with Crippen molar-refractivity contribution in [2.75, 3.05) is 17.4 Å². The molecule has 4 aromatic rings. The number of amides is 2. The summed E-state index contributed by atoms with van der Waals surface area (Å²) in [7, 11) is -4.26. The van der Waals surface area contributed by atoms with Gasteiger partial charge in [0.15, 0.2) is 0 Å². The predicted octanol–water partition coefficient (Wildman–Crippen LogP) is 7.87. The summed E-state index contributed by atoms with van der Waals surface area (Å²) in [6.07, 6.45) is 0.190. The van der Waals surface area contributed by atoms with Gasteiger partial charge in [-0.3, -0.25) is 13.9 Å². The maximum absolute atomic E-state index is 14.6. The molecule has 2 amide bonds. The number of hydrogen-bond donors (Lipinski definition) is 1. The van der Waals surface area contributed by atoms with E-state index in [9.17, 15) is 18.0 Å². The van der Waals surface area contributed by atoms with E-state index in [-0.39, 0.29) is 29.7 Å². The number of aryl methyl sites for hydroxylation is 2. The Balaban J connectivity index is 1.84. The van der Waals surface area contributed by atoms with E-state index in [0.29, 0.717) is 32.9 Å². The van der Waals surface area contributed by atoms with Crippen molar-refractivity contribution in [1.82, 2.24) is 10.2 Å². The number of nitrogens with zero attached hydrogens (tertiary/aromatic N) is 2. The van der Waals surface area contributed by atoms with Crippen LogP contribution in [0.5, 0.6) is 0 Å². The summed E-state index contributed by atoms with van der Waals surface area (Å²) in [5, 5.41) is 4.09. The largest absolute Gasteiger partial charge is 0.354 e. The average molecular weight is 715 g/mol. The number of carbonyl (C=O) groups is 2. The van der Waals surface area contributed by atoms with E-state index >= 15 is 0 Å². The lowest BCUT2D eigenvalue weighted by Crippen LogP contribution is -2.53. The summed E-state index contributed by atoms with van der Waals surface area (Å²) < 4.78 is 29.5. The van der Waals surface area contributed by atoms with Gasteiger partial charge in [0.25, 0.3) is 10.0 Å². The van der Waals surface area contributed by atoms with Crippen molar-refractivity contribution < 1.29 is 18.0 Å². The molecule has 0 aliphatic rings. The summed E-state index contributed by atoms with van der Waals surface area (Å²) in [4.78, 5) is 29.9. The van der Waals surface area contributed by atoms with Crippen molar-refractivity contribution in [1.29, 1.82) is 0 Å². The van der Waals surface area contributed by atoms with Crippen molar-refractivity contribution in [3.8, 4) is 0 Å². The zero-order valence-corrected chi connectivity index (χ0v) is 29.8. The van der Waals surface area contributed by atoms with Crippen molar-refractivity contribution in [2.45, 2.75) is 51.6 Å². The Morgan fingerprint density at radius 3 is 2.09 bits per heavy atom. The molecule has 0 saturated carbocycles. The second-order valence-corrected chi connectivity index (χ2v) is 15.0. The molecule has 47 heavy (non-hydrogen) atoms. The molecule has 0 fully saturated rings. The quantitative estimate of drug-likeness (QED) is 0.153. The maximum Gasteiger partial charge on any atom is 0.264 e. The third kappa shape index (κ3) is 9.51. The zero-order chi connectivity index (χ0) is 34.3. The molecule has 4 rings (SSSR count). The molecule has 0 saturated heterocycles. The Labute approximate surface area is 292 Å². The number of nitrogens with one attached hydrogen (secondary N) is 1. The SMILES string of the molecule is Cc1ccc(N(CC(=O)N(Cc2ccc(Cl)cc2Cl)[C@H](Cc2ccccc2)C(=O)NCC(C)C)S(=O)(=O)c2ccc(Cl)cc2)cc1C. The van der Waals surface area contributed by atoms with Crippen LogP contribution in [0.15, 0.2) is 95.9 Å². The van der Waals surface area contributed by atoms with Gasteiger partial charge in [-0.15, -0.1) is 0 Å². The van der Waals surface area contributed by atoms with E-state index in [1.807, 2.05) is 64.1 Å². The van der Waals surface area contributed by atoms with Gasteiger partial charge in [0.05, 0.1) is 10.6 Å². The number of benzene rings is 4. The second kappa shape index (κ2) is 16.0. The zero-order valence-electron chi connectivity index (χ0n) is 26.7. The summed E-state index contributed by atoms with van der Waals surface area (Å²) in [5.74, 6) is -0.789. The monoisotopic (exact) mass is 713 g/mol. The summed E-state index contributed by atoms with van der Waals surface area (Å²) >= 11 is 18.8. The van der Waals surface area contributed by atoms with E-state index in [4.69, 9.17) is 34.8 Å². The number of anilines is 1. The molecule has 7 nitrogen and oxygen atoms in total. The predicted molar refractivity (Wildman–Crippen MR) is 191 cm³/mol. The van der Waals surface area contributed by atoms with Crippen LogP contribution in [0, 0.1) is 19.8 Å². The lowest BCUT2D eigenvalue weighted by Gasteiger charge is -2.34. The highest BCUT2D eigenvalue weighted by molar-refractivity contribution is 7.92. The summed E-state index contributed by atoms with van der Waals surface area (Å²) in [5.41, 5.74) is 3.51. The van der Waals surface area contributed by atoms with Gasteiger partial charge >= 0.3 is 0 Å². The number of hydrogen-bond acceptors (Lipinski definition) is 4. The molecule has 1 atom stereocenters. The van der Waals surface area contributed by atoms with E-state index < -0.39 is 28.5 Å². The van der Waals surface area contributed by atoms with E-state index in [2.05, 4.69) is 5.32 Å². The van der Waals surface area contributed by atoms with Gasteiger partial charge in [0.2, 0.25) is 11.8 Å².